The van der Waals surface area contributed by atoms with E-state index in [1.165, 1.54) is 44.9 Å². The molecule has 0 aromatic rings. The van der Waals surface area contributed by atoms with E-state index in [0.29, 0.717) is 11.8 Å². The van der Waals surface area contributed by atoms with Crippen molar-refractivity contribution in [3.63, 3.8) is 0 Å². The van der Waals surface area contributed by atoms with E-state index in [1.807, 2.05) is 0 Å². The van der Waals surface area contributed by atoms with Gasteiger partial charge in [-0.3, -0.25) is 4.79 Å². The van der Waals surface area contributed by atoms with Crippen LogP contribution in [0, 0.1) is 47.3 Å². The number of ether oxygens (including phenoxy) is 1. The zero-order valence-corrected chi connectivity index (χ0v) is 15.2. The van der Waals surface area contributed by atoms with Crippen LogP contribution in [0.2, 0.25) is 0 Å². The summed E-state index contributed by atoms with van der Waals surface area (Å²) in [6.45, 7) is 4.33. The second-order valence-corrected chi connectivity index (χ2v) is 9.96. The molecule has 5 aliphatic carbocycles. The third-order valence-electron chi connectivity index (χ3n) is 8.52. The van der Waals surface area contributed by atoms with Crippen molar-refractivity contribution in [1.82, 2.24) is 0 Å². The SMILES string of the molecule is CC(C)(OC(=O)C1CC2CC1C1C3C=CC(C3)C21)C1CCCCC1. The summed E-state index contributed by atoms with van der Waals surface area (Å²) in [7, 11) is 0. The van der Waals surface area contributed by atoms with Gasteiger partial charge >= 0.3 is 5.97 Å². The fourth-order valence-electron chi connectivity index (χ4n) is 7.50. The Bertz CT molecular complexity index is 556. The lowest BCUT2D eigenvalue weighted by Crippen LogP contribution is -2.42. The van der Waals surface area contributed by atoms with Crippen molar-refractivity contribution >= 4 is 5.97 Å². The van der Waals surface area contributed by atoms with Gasteiger partial charge in [-0.25, -0.2) is 0 Å². The first-order valence-corrected chi connectivity index (χ1v) is 10.5. The summed E-state index contributed by atoms with van der Waals surface area (Å²) in [6.07, 6.45) is 15.1. The van der Waals surface area contributed by atoms with Crippen molar-refractivity contribution in [2.75, 3.05) is 0 Å². The van der Waals surface area contributed by atoms with Gasteiger partial charge < -0.3 is 4.74 Å². The van der Waals surface area contributed by atoms with Crippen molar-refractivity contribution in [3.05, 3.63) is 12.2 Å². The van der Waals surface area contributed by atoms with Gasteiger partial charge in [0.25, 0.3) is 0 Å². The Morgan fingerprint density at radius 3 is 2.42 bits per heavy atom. The number of carbonyl (C=O) groups excluding carboxylic acids is 1. The van der Waals surface area contributed by atoms with Crippen molar-refractivity contribution in [2.24, 2.45) is 47.3 Å². The molecular formula is C22H32O2. The molecule has 0 heterocycles. The van der Waals surface area contributed by atoms with Crippen LogP contribution in [0.3, 0.4) is 0 Å². The van der Waals surface area contributed by atoms with E-state index in [0.717, 1.165) is 36.0 Å². The average molecular weight is 328 g/mol. The van der Waals surface area contributed by atoms with Gasteiger partial charge in [0.1, 0.15) is 5.60 Å². The van der Waals surface area contributed by atoms with Crippen LogP contribution >= 0.6 is 0 Å². The summed E-state index contributed by atoms with van der Waals surface area (Å²) in [6, 6.07) is 0. The molecule has 0 aliphatic heterocycles. The molecule has 0 amide bonds. The normalized spacial score (nSPS) is 46.5. The van der Waals surface area contributed by atoms with Gasteiger partial charge in [0.05, 0.1) is 5.92 Å². The number of rotatable bonds is 3. The van der Waals surface area contributed by atoms with Crippen molar-refractivity contribution in [1.29, 1.82) is 0 Å². The Morgan fingerprint density at radius 2 is 1.67 bits per heavy atom. The van der Waals surface area contributed by atoms with E-state index in [2.05, 4.69) is 26.0 Å². The lowest BCUT2D eigenvalue weighted by molar-refractivity contribution is -0.171. The van der Waals surface area contributed by atoms with Crippen molar-refractivity contribution in [2.45, 2.75) is 70.8 Å². The smallest absolute Gasteiger partial charge is 0.309 e. The first kappa shape index (κ1) is 15.5. The summed E-state index contributed by atoms with van der Waals surface area (Å²) in [5.41, 5.74) is -0.271. The van der Waals surface area contributed by atoms with Crippen LogP contribution in [0.15, 0.2) is 12.2 Å². The van der Waals surface area contributed by atoms with Gasteiger partial charge in [0.2, 0.25) is 0 Å². The van der Waals surface area contributed by atoms with E-state index in [1.54, 1.807) is 0 Å². The number of esters is 1. The van der Waals surface area contributed by atoms with E-state index in [-0.39, 0.29) is 17.5 Å². The molecule has 7 unspecified atom stereocenters. The fourth-order valence-corrected chi connectivity index (χ4v) is 7.50. The zero-order chi connectivity index (χ0) is 16.5. The summed E-state index contributed by atoms with van der Waals surface area (Å²) >= 11 is 0. The lowest BCUT2D eigenvalue weighted by Gasteiger charge is -2.40. The number of hydrogen-bond donors (Lipinski definition) is 0. The van der Waals surface area contributed by atoms with Crippen LogP contribution in [0.4, 0.5) is 0 Å². The number of fused-ring (bicyclic) bond motifs is 9. The molecule has 0 saturated heterocycles. The summed E-state index contributed by atoms with van der Waals surface area (Å²) in [5, 5.41) is 0. The molecule has 0 aromatic carbocycles. The van der Waals surface area contributed by atoms with Crippen LogP contribution in [0.5, 0.6) is 0 Å². The highest BCUT2D eigenvalue weighted by molar-refractivity contribution is 5.74. The third-order valence-corrected chi connectivity index (χ3v) is 8.52. The maximum atomic E-state index is 13.0. The largest absolute Gasteiger partial charge is 0.459 e. The van der Waals surface area contributed by atoms with Crippen molar-refractivity contribution in [3.8, 4) is 0 Å². The van der Waals surface area contributed by atoms with Gasteiger partial charge in [-0.05, 0) is 87.4 Å². The predicted octanol–water partition coefficient (Wildman–Crippen LogP) is 4.98. The Labute approximate surface area is 146 Å². The Hall–Kier alpha value is -0.790. The zero-order valence-electron chi connectivity index (χ0n) is 15.2. The van der Waals surface area contributed by atoms with E-state index < -0.39 is 0 Å². The van der Waals surface area contributed by atoms with Crippen LogP contribution in [0.1, 0.15) is 65.2 Å². The first-order valence-electron chi connectivity index (χ1n) is 10.5. The molecule has 2 heteroatoms. The van der Waals surface area contributed by atoms with Gasteiger partial charge in [-0.1, -0.05) is 31.4 Å². The second-order valence-electron chi connectivity index (χ2n) is 9.96. The van der Waals surface area contributed by atoms with Gasteiger partial charge in [0.15, 0.2) is 0 Å². The summed E-state index contributed by atoms with van der Waals surface area (Å²) in [5.74, 6) is 5.64. The molecule has 0 aromatic heterocycles. The molecule has 4 bridgehead atoms. The number of hydrogen-bond acceptors (Lipinski definition) is 2. The van der Waals surface area contributed by atoms with Crippen LogP contribution in [-0.4, -0.2) is 11.6 Å². The van der Waals surface area contributed by atoms with E-state index in [9.17, 15) is 4.79 Å². The molecule has 0 N–H and O–H groups in total. The molecule has 0 spiro atoms. The molecule has 5 aliphatic rings. The van der Waals surface area contributed by atoms with Crippen LogP contribution in [-0.2, 0) is 9.53 Å². The highest BCUT2D eigenvalue weighted by Crippen LogP contribution is 2.67. The summed E-state index contributed by atoms with van der Waals surface area (Å²) < 4.78 is 6.19. The Balaban J connectivity index is 1.28. The molecule has 5 rings (SSSR count). The Kier molecular flexibility index (Phi) is 3.45. The molecule has 7 atom stereocenters. The van der Waals surface area contributed by atoms with Gasteiger partial charge in [-0.15, -0.1) is 0 Å². The molecule has 132 valence electrons. The molecular weight excluding hydrogens is 296 g/mol. The van der Waals surface area contributed by atoms with Gasteiger partial charge in [-0.2, -0.15) is 0 Å². The molecule has 0 radical (unpaired) electrons. The molecule has 4 fully saturated rings. The maximum Gasteiger partial charge on any atom is 0.309 e. The molecule has 2 nitrogen and oxygen atoms in total. The van der Waals surface area contributed by atoms with Crippen molar-refractivity contribution < 1.29 is 9.53 Å². The van der Waals surface area contributed by atoms with Gasteiger partial charge in [0, 0.05) is 0 Å². The quantitative estimate of drug-likeness (QED) is 0.415. The minimum Gasteiger partial charge on any atom is -0.459 e. The minimum atomic E-state index is -0.271. The topological polar surface area (TPSA) is 26.3 Å². The highest BCUT2D eigenvalue weighted by atomic mass is 16.6. The molecule has 24 heavy (non-hydrogen) atoms. The minimum absolute atomic E-state index is 0.142. The maximum absolute atomic E-state index is 13.0. The van der Waals surface area contributed by atoms with Crippen LogP contribution in [0.25, 0.3) is 0 Å². The number of allylic oxidation sites excluding steroid dienone is 2. The average Bonchev–Trinajstić information content (AvgIpc) is 3.33. The lowest BCUT2D eigenvalue weighted by atomic mass is 9.69. The fraction of sp³-hybridized carbons (Fsp3) is 0.864. The van der Waals surface area contributed by atoms with Crippen LogP contribution < -0.4 is 0 Å². The van der Waals surface area contributed by atoms with E-state index in [4.69, 9.17) is 4.74 Å². The number of carbonyl (C=O) groups is 1. The predicted molar refractivity (Wildman–Crippen MR) is 94.2 cm³/mol. The highest BCUT2D eigenvalue weighted by Gasteiger charge is 2.62. The Morgan fingerprint density at radius 1 is 0.958 bits per heavy atom. The third kappa shape index (κ3) is 2.17. The second kappa shape index (κ2) is 5.35. The first-order chi connectivity index (χ1) is 11.5. The standard InChI is InChI=1S/C22H32O2/c1-22(2,16-6-4-3-5-7-16)24-21(23)18-12-15-11-17(18)20-14-9-8-13(10-14)19(15)20/h8-9,13-20H,3-7,10-12H2,1-2H3. The van der Waals surface area contributed by atoms with E-state index >= 15 is 0 Å². The monoisotopic (exact) mass is 328 g/mol. The summed E-state index contributed by atoms with van der Waals surface area (Å²) in [4.78, 5) is 13.0. The molecule has 4 saturated carbocycles.